The zero-order chi connectivity index (χ0) is 16.9. The van der Waals surface area contributed by atoms with Crippen LogP contribution < -0.4 is 5.32 Å². The molecule has 5 heteroatoms. The molecule has 4 nitrogen and oxygen atoms in total. The molecule has 1 aromatic heterocycles. The summed E-state index contributed by atoms with van der Waals surface area (Å²) in [5.74, 6) is 0.406. The average molecular weight is 343 g/mol. The van der Waals surface area contributed by atoms with Crippen LogP contribution >= 0.6 is 11.8 Å². The van der Waals surface area contributed by atoms with E-state index in [1.165, 1.54) is 49.4 Å². The number of rotatable bonds is 5. The first-order chi connectivity index (χ1) is 11.6. The first kappa shape index (κ1) is 17.1. The Kier molecular flexibility index (Phi) is 5.61. The molecule has 0 bridgehead atoms. The van der Waals surface area contributed by atoms with Crippen molar-refractivity contribution in [1.29, 1.82) is 0 Å². The summed E-state index contributed by atoms with van der Waals surface area (Å²) < 4.78 is 2.26. The Balaban J connectivity index is 1.59. The molecular weight excluding hydrogens is 318 g/mol. The van der Waals surface area contributed by atoms with Gasteiger partial charge in [-0.05, 0) is 43.9 Å². The summed E-state index contributed by atoms with van der Waals surface area (Å²) in [6.07, 6.45) is 10.3. The van der Waals surface area contributed by atoms with Gasteiger partial charge in [0.25, 0.3) is 0 Å². The number of anilines is 1. The summed E-state index contributed by atoms with van der Waals surface area (Å²) in [7, 11) is 0. The lowest BCUT2D eigenvalue weighted by molar-refractivity contribution is -0.113. The molecule has 0 atom stereocenters. The van der Waals surface area contributed by atoms with E-state index in [-0.39, 0.29) is 5.91 Å². The van der Waals surface area contributed by atoms with Crippen LogP contribution in [0.15, 0.2) is 35.7 Å². The van der Waals surface area contributed by atoms with Crippen molar-refractivity contribution in [3.63, 3.8) is 0 Å². The van der Waals surface area contributed by atoms with Crippen LogP contribution in [0.5, 0.6) is 0 Å². The van der Waals surface area contributed by atoms with Crippen molar-refractivity contribution >= 4 is 23.4 Å². The Morgan fingerprint density at radius 2 is 2.08 bits per heavy atom. The number of amides is 1. The zero-order valence-corrected chi connectivity index (χ0v) is 15.2. The SMILES string of the molecule is Cc1cccc(NC(=O)CSc2nccn2C2CCCCC2)c1C. The highest BCUT2D eigenvalue weighted by molar-refractivity contribution is 7.99. The quantitative estimate of drug-likeness (QED) is 0.798. The number of carbonyl (C=O) groups excluding carboxylic acids is 1. The van der Waals surface area contributed by atoms with Gasteiger partial charge in [0, 0.05) is 24.1 Å². The van der Waals surface area contributed by atoms with E-state index in [0.717, 1.165) is 16.4 Å². The maximum absolute atomic E-state index is 12.3. The molecule has 128 valence electrons. The Labute approximate surface area is 148 Å². The highest BCUT2D eigenvalue weighted by atomic mass is 32.2. The van der Waals surface area contributed by atoms with Crippen LogP contribution in [0.1, 0.15) is 49.3 Å². The van der Waals surface area contributed by atoms with Crippen molar-refractivity contribution in [3.8, 4) is 0 Å². The fourth-order valence-electron chi connectivity index (χ4n) is 3.25. The molecule has 0 radical (unpaired) electrons. The molecule has 1 aromatic carbocycles. The molecule has 1 amide bonds. The fraction of sp³-hybridized carbons (Fsp3) is 0.474. The smallest absolute Gasteiger partial charge is 0.234 e. The molecule has 0 spiro atoms. The number of hydrogen-bond donors (Lipinski definition) is 1. The van der Waals surface area contributed by atoms with E-state index in [2.05, 4.69) is 34.1 Å². The summed E-state index contributed by atoms with van der Waals surface area (Å²) in [5, 5.41) is 3.97. The fourth-order valence-corrected chi connectivity index (χ4v) is 4.08. The van der Waals surface area contributed by atoms with Crippen molar-refractivity contribution in [3.05, 3.63) is 41.7 Å². The lowest BCUT2D eigenvalue weighted by Gasteiger charge is -2.24. The number of thioether (sulfide) groups is 1. The van der Waals surface area contributed by atoms with E-state index in [0.29, 0.717) is 11.8 Å². The number of benzene rings is 1. The Bertz CT molecular complexity index is 704. The van der Waals surface area contributed by atoms with E-state index in [1.807, 2.05) is 25.3 Å². The van der Waals surface area contributed by atoms with Crippen LogP contribution in [0.25, 0.3) is 0 Å². The Morgan fingerprint density at radius 1 is 1.29 bits per heavy atom. The molecule has 1 heterocycles. The molecule has 1 aliphatic rings. The van der Waals surface area contributed by atoms with Gasteiger partial charge in [0.05, 0.1) is 5.75 Å². The lowest BCUT2D eigenvalue weighted by atomic mass is 9.95. The highest BCUT2D eigenvalue weighted by Crippen LogP contribution is 2.31. The van der Waals surface area contributed by atoms with E-state index in [9.17, 15) is 4.79 Å². The van der Waals surface area contributed by atoms with Gasteiger partial charge in [0.2, 0.25) is 5.91 Å². The summed E-state index contributed by atoms with van der Waals surface area (Å²) >= 11 is 1.52. The second kappa shape index (κ2) is 7.88. The molecule has 1 N–H and O–H groups in total. The van der Waals surface area contributed by atoms with Crippen LogP contribution in [-0.4, -0.2) is 21.2 Å². The zero-order valence-electron chi connectivity index (χ0n) is 14.4. The average Bonchev–Trinajstić information content (AvgIpc) is 3.06. The third kappa shape index (κ3) is 4.01. The first-order valence-electron chi connectivity index (χ1n) is 8.67. The van der Waals surface area contributed by atoms with Gasteiger partial charge in [-0.1, -0.05) is 43.2 Å². The summed E-state index contributed by atoms with van der Waals surface area (Å²) in [5.41, 5.74) is 3.21. The van der Waals surface area contributed by atoms with Gasteiger partial charge in [-0.15, -0.1) is 0 Å². The van der Waals surface area contributed by atoms with Crippen LogP contribution in [0.4, 0.5) is 5.69 Å². The monoisotopic (exact) mass is 343 g/mol. The van der Waals surface area contributed by atoms with Crippen LogP contribution in [0, 0.1) is 13.8 Å². The molecular formula is C19H25N3OS. The topological polar surface area (TPSA) is 46.9 Å². The van der Waals surface area contributed by atoms with Crippen molar-refractivity contribution in [2.45, 2.75) is 57.1 Å². The molecule has 2 aromatic rings. The van der Waals surface area contributed by atoms with Crippen molar-refractivity contribution in [2.75, 3.05) is 11.1 Å². The van der Waals surface area contributed by atoms with Gasteiger partial charge < -0.3 is 9.88 Å². The third-order valence-electron chi connectivity index (χ3n) is 4.81. The van der Waals surface area contributed by atoms with Crippen molar-refractivity contribution in [2.24, 2.45) is 0 Å². The number of nitrogens with zero attached hydrogens (tertiary/aromatic N) is 2. The van der Waals surface area contributed by atoms with Gasteiger partial charge in [-0.25, -0.2) is 4.98 Å². The number of aryl methyl sites for hydroxylation is 1. The minimum absolute atomic E-state index is 0.0203. The molecule has 24 heavy (non-hydrogen) atoms. The largest absolute Gasteiger partial charge is 0.325 e. The maximum atomic E-state index is 12.3. The van der Waals surface area contributed by atoms with Gasteiger partial charge in [0.1, 0.15) is 0 Å². The van der Waals surface area contributed by atoms with E-state index in [1.54, 1.807) is 0 Å². The van der Waals surface area contributed by atoms with Crippen molar-refractivity contribution < 1.29 is 4.79 Å². The Hall–Kier alpha value is -1.75. The number of carbonyl (C=O) groups is 1. The predicted octanol–water partition coefficient (Wildman–Crippen LogP) is 4.74. The summed E-state index contributed by atoms with van der Waals surface area (Å²) in [4.78, 5) is 16.7. The van der Waals surface area contributed by atoms with Crippen molar-refractivity contribution in [1.82, 2.24) is 9.55 Å². The maximum Gasteiger partial charge on any atom is 0.234 e. The number of imidazole rings is 1. The molecule has 3 rings (SSSR count). The standard InChI is InChI=1S/C19H25N3OS/c1-14-7-6-10-17(15(14)2)21-18(23)13-24-19-20-11-12-22(19)16-8-4-3-5-9-16/h6-7,10-12,16H,3-5,8-9,13H2,1-2H3,(H,21,23). The second-order valence-corrected chi connectivity index (χ2v) is 7.44. The van der Waals surface area contributed by atoms with E-state index < -0.39 is 0 Å². The molecule has 1 fully saturated rings. The van der Waals surface area contributed by atoms with E-state index in [4.69, 9.17) is 0 Å². The van der Waals surface area contributed by atoms with Gasteiger partial charge >= 0.3 is 0 Å². The van der Waals surface area contributed by atoms with Crippen LogP contribution in [0.3, 0.4) is 0 Å². The lowest BCUT2D eigenvalue weighted by Crippen LogP contribution is -2.17. The van der Waals surface area contributed by atoms with Crippen LogP contribution in [-0.2, 0) is 4.79 Å². The molecule has 1 aliphatic carbocycles. The first-order valence-corrected chi connectivity index (χ1v) is 9.65. The minimum atomic E-state index is 0.0203. The number of hydrogen-bond acceptors (Lipinski definition) is 3. The normalized spacial score (nSPS) is 15.4. The van der Waals surface area contributed by atoms with E-state index >= 15 is 0 Å². The summed E-state index contributed by atoms with van der Waals surface area (Å²) in [6, 6.07) is 6.53. The number of aromatic nitrogens is 2. The van der Waals surface area contributed by atoms with Gasteiger partial charge in [0.15, 0.2) is 5.16 Å². The molecule has 0 saturated heterocycles. The Morgan fingerprint density at radius 3 is 2.88 bits per heavy atom. The third-order valence-corrected chi connectivity index (χ3v) is 5.79. The molecule has 1 saturated carbocycles. The van der Waals surface area contributed by atoms with Crippen LogP contribution in [0.2, 0.25) is 0 Å². The molecule has 0 aliphatic heterocycles. The minimum Gasteiger partial charge on any atom is -0.325 e. The summed E-state index contributed by atoms with van der Waals surface area (Å²) in [6.45, 7) is 4.09. The van der Waals surface area contributed by atoms with Gasteiger partial charge in [-0.2, -0.15) is 0 Å². The highest BCUT2D eigenvalue weighted by Gasteiger charge is 2.18. The number of nitrogens with one attached hydrogen (secondary N) is 1. The second-order valence-electron chi connectivity index (χ2n) is 6.49. The predicted molar refractivity (Wildman–Crippen MR) is 99.6 cm³/mol. The molecule has 0 unspecified atom stereocenters. The van der Waals surface area contributed by atoms with Gasteiger partial charge in [-0.3, -0.25) is 4.79 Å².